The highest BCUT2D eigenvalue weighted by Crippen LogP contribution is 2.30. The maximum absolute atomic E-state index is 12.8. The minimum Gasteiger partial charge on any atom is -0.478 e. The number of benzene rings is 3. The largest absolute Gasteiger partial charge is 0.478 e. The van der Waals surface area contributed by atoms with Crippen LogP contribution >= 0.6 is 23.4 Å². The molecular weight excluding hydrogens is 492 g/mol. The van der Waals surface area contributed by atoms with Crippen LogP contribution in [-0.4, -0.2) is 39.2 Å². The van der Waals surface area contributed by atoms with Gasteiger partial charge in [-0.2, -0.15) is 0 Å². The Hall–Kier alpha value is -3.82. The third kappa shape index (κ3) is 6.62. The average molecular weight is 513 g/mol. The van der Waals surface area contributed by atoms with Crippen molar-refractivity contribution >= 4 is 58.5 Å². The number of amides is 2. The molecule has 8 nitrogen and oxygen atoms in total. The molecule has 0 fully saturated rings. The molecule has 0 bridgehead atoms. The quantitative estimate of drug-likeness (QED) is 0.278. The van der Waals surface area contributed by atoms with Crippen LogP contribution in [0.25, 0.3) is 0 Å². The van der Waals surface area contributed by atoms with Gasteiger partial charge in [-0.1, -0.05) is 36.7 Å². The summed E-state index contributed by atoms with van der Waals surface area (Å²) < 4.78 is 0. The Morgan fingerprint density at radius 3 is 2.29 bits per heavy atom. The first-order valence-corrected chi connectivity index (χ1v) is 11.7. The fraction of sp³-hybridized carbons (Fsp3) is 0.120. The molecule has 3 aromatic rings. The Kier molecular flexibility index (Phi) is 8.51. The number of carboxylic acid groups (broad SMARTS) is 2. The summed E-state index contributed by atoms with van der Waals surface area (Å²) in [5, 5.41) is 23.9. The van der Waals surface area contributed by atoms with Gasteiger partial charge in [-0.05, 0) is 55.0 Å². The second-order valence-electron chi connectivity index (χ2n) is 7.34. The van der Waals surface area contributed by atoms with Gasteiger partial charge in [-0.25, -0.2) is 9.59 Å². The van der Waals surface area contributed by atoms with Crippen molar-refractivity contribution in [3.05, 3.63) is 88.4 Å². The van der Waals surface area contributed by atoms with E-state index in [0.29, 0.717) is 27.7 Å². The number of nitrogens with one attached hydrogen (secondary N) is 2. The summed E-state index contributed by atoms with van der Waals surface area (Å²) in [4.78, 5) is 48.9. The predicted octanol–water partition coefficient (Wildman–Crippen LogP) is 5.50. The van der Waals surface area contributed by atoms with Gasteiger partial charge in [-0.15, -0.1) is 11.8 Å². The number of halogens is 1. The van der Waals surface area contributed by atoms with Crippen LogP contribution < -0.4 is 10.6 Å². The lowest BCUT2D eigenvalue weighted by Gasteiger charge is -2.16. The van der Waals surface area contributed by atoms with Crippen molar-refractivity contribution in [1.29, 1.82) is 0 Å². The second kappa shape index (κ2) is 11.5. The minimum atomic E-state index is -1.42. The molecule has 0 saturated carbocycles. The fourth-order valence-corrected chi connectivity index (χ4v) is 4.36. The standard InChI is InChI=1S/C25H21ClN2O6S/c1-2-21(23(30)28-20-9-4-3-8-19(20)26)35-16-7-5-6-15(13-16)27-22(29)17-11-10-14(24(31)32)12-18(17)25(33)34/h3-13,21H,2H2,1H3,(H,27,29)(H,28,30)(H,31,32)(H,33,34). The average Bonchev–Trinajstić information content (AvgIpc) is 2.83. The highest BCUT2D eigenvalue weighted by Gasteiger charge is 2.21. The van der Waals surface area contributed by atoms with E-state index in [2.05, 4.69) is 10.6 Å². The zero-order valence-corrected chi connectivity index (χ0v) is 20.0. The van der Waals surface area contributed by atoms with E-state index < -0.39 is 28.7 Å². The SMILES string of the molecule is CCC(Sc1cccc(NC(=O)c2ccc(C(=O)O)cc2C(=O)O)c1)C(=O)Nc1ccccc1Cl. The number of hydrogen-bond acceptors (Lipinski definition) is 5. The normalized spacial score (nSPS) is 11.4. The van der Waals surface area contributed by atoms with Crippen molar-refractivity contribution in [3.8, 4) is 0 Å². The summed E-state index contributed by atoms with van der Waals surface area (Å²) in [6.07, 6.45) is 0.537. The van der Waals surface area contributed by atoms with E-state index in [1.165, 1.54) is 17.8 Å². The Bertz CT molecular complexity index is 1300. The molecule has 35 heavy (non-hydrogen) atoms. The van der Waals surface area contributed by atoms with Crippen LogP contribution in [0.5, 0.6) is 0 Å². The van der Waals surface area contributed by atoms with Crippen LogP contribution in [0.2, 0.25) is 5.02 Å². The predicted molar refractivity (Wildman–Crippen MR) is 135 cm³/mol. The summed E-state index contributed by atoms with van der Waals surface area (Å²) >= 11 is 7.43. The topological polar surface area (TPSA) is 133 Å². The summed E-state index contributed by atoms with van der Waals surface area (Å²) in [6, 6.07) is 17.0. The summed E-state index contributed by atoms with van der Waals surface area (Å²) in [7, 11) is 0. The van der Waals surface area contributed by atoms with Crippen LogP contribution in [0, 0.1) is 0 Å². The summed E-state index contributed by atoms with van der Waals surface area (Å²) in [5.74, 6) is -3.64. The van der Waals surface area contributed by atoms with Crippen LogP contribution in [0.4, 0.5) is 11.4 Å². The maximum Gasteiger partial charge on any atom is 0.336 e. The first-order valence-electron chi connectivity index (χ1n) is 10.4. The van der Waals surface area contributed by atoms with Crippen LogP contribution in [0.1, 0.15) is 44.4 Å². The van der Waals surface area contributed by atoms with Gasteiger partial charge in [0.15, 0.2) is 0 Å². The number of anilines is 2. The molecule has 180 valence electrons. The van der Waals surface area contributed by atoms with Gasteiger partial charge in [0.2, 0.25) is 5.91 Å². The van der Waals surface area contributed by atoms with Crippen LogP contribution in [-0.2, 0) is 4.79 Å². The Morgan fingerprint density at radius 2 is 1.63 bits per heavy atom. The fourth-order valence-electron chi connectivity index (χ4n) is 3.16. The third-order valence-corrected chi connectivity index (χ3v) is 6.59. The molecule has 0 heterocycles. The Morgan fingerprint density at radius 1 is 0.886 bits per heavy atom. The van der Waals surface area contributed by atoms with Gasteiger partial charge in [0.25, 0.3) is 5.91 Å². The first kappa shape index (κ1) is 25.8. The molecule has 0 spiro atoms. The van der Waals surface area contributed by atoms with E-state index in [-0.39, 0.29) is 17.0 Å². The van der Waals surface area contributed by atoms with Gasteiger partial charge in [0.05, 0.1) is 32.7 Å². The van der Waals surface area contributed by atoms with Crippen molar-refractivity contribution in [1.82, 2.24) is 0 Å². The molecule has 1 unspecified atom stereocenters. The van der Waals surface area contributed by atoms with Gasteiger partial charge in [-0.3, -0.25) is 9.59 Å². The first-order chi connectivity index (χ1) is 16.7. The van der Waals surface area contributed by atoms with Crippen LogP contribution in [0.3, 0.4) is 0 Å². The van der Waals surface area contributed by atoms with Crippen molar-refractivity contribution in [2.24, 2.45) is 0 Å². The number of hydrogen-bond donors (Lipinski definition) is 4. The number of thioether (sulfide) groups is 1. The molecule has 2 amide bonds. The Labute approximate surface area is 210 Å². The molecule has 0 aliphatic rings. The molecule has 0 aromatic heterocycles. The van der Waals surface area contributed by atoms with Crippen LogP contribution in [0.15, 0.2) is 71.6 Å². The smallest absolute Gasteiger partial charge is 0.336 e. The Balaban J connectivity index is 1.75. The number of para-hydroxylation sites is 1. The van der Waals surface area contributed by atoms with E-state index in [4.69, 9.17) is 16.7 Å². The third-order valence-electron chi connectivity index (χ3n) is 4.91. The number of carbonyl (C=O) groups is 4. The number of rotatable bonds is 9. The monoisotopic (exact) mass is 512 g/mol. The lowest BCUT2D eigenvalue weighted by Crippen LogP contribution is -2.24. The lowest BCUT2D eigenvalue weighted by molar-refractivity contribution is -0.115. The van der Waals surface area contributed by atoms with E-state index in [1.807, 2.05) is 6.92 Å². The molecular formula is C25H21ClN2O6S. The zero-order chi connectivity index (χ0) is 25.5. The van der Waals surface area contributed by atoms with E-state index in [9.17, 15) is 24.3 Å². The minimum absolute atomic E-state index is 0.175. The number of aromatic carboxylic acids is 2. The molecule has 3 rings (SSSR count). The second-order valence-corrected chi connectivity index (χ2v) is 9.02. The molecule has 0 aliphatic carbocycles. The van der Waals surface area contributed by atoms with Gasteiger partial charge >= 0.3 is 11.9 Å². The van der Waals surface area contributed by atoms with E-state index in [0.717, 1.165) is 12.1 Å². The molecule has 1 atom stereocenters. The zero-order valence-electron chi connectivity index (χ0n) is 18.4. The van der Waals surface area contributed by atoms with Gasteiger partial charge in [0.1, 0.15) is 0 Å². The molecule has 3 aromatic carbocycles. The number of carbonyl (C=O) groups excluding carboxylic acids is 2. The molecule has 0 saturated heterocycles. The summed E-state index contributed by atoms with van der Waals surface area (Å²) in [6.45, 7) is 1.88. The van der Waals surface area contributed by atoms with Gasteiger partial charge in [0, 0.05) is 10.6 Å². The van der Waals surface area contributed by atoms with E-state index >= 15 is 0 Å². The molecule has 4 N–H and O–H groups in total. The molecule has 0 aliphatic heterocycles. The van der Waals surface area contributed by atoms with Crippen molar-refractivity contribution < 1.29 is 29.4 Å². The van der Waals surface area contributed by atoms with Crippen molar-refractivity contribution in [2.45, 2.75) is 23.5 Å². The highest BCUT2D eigenvalue weighted by atomic mass is 35.5. The molecule has 0 radical (unpaired) electrons. The van der Waals surface area contributed by atoms with Gasteiger partial charge < -0.3 is 20.8 Å². The van der Waals surface area contributed by atoms with Crippen molar-refractivity contribution in [3.63, 3.8) is 0 Å². The lowest BCUT2D eigenvalue weighted by atomic mass is 10.0. The molecule has 10 heteroatoms. The highest BCUT2D eigenvalue weighted by molar-refractivity contribution is 8.00. The van der Waals surface area contributed by atoms with Crippen molar-refractivity contribution in [2.75, 3.05) is 10.6 Å². The summed E-state index contributed by atoms with van der Waals surface area (Å²) in [5.41, 5.74) is 0.0711. The number of carboxylic acids is 2. The maximum atomic E-state index is 12.8. The van der Waals surface area contributed by atoms with E-state index in [1.54, 1.807) is 48.5 Å².